The second-order valence-electron chi connectivity index (χ2n) is 6.81. The molecule has 5 aromatic rings. The molecule has 1 aliphatic heterocycles. The summed E-state index contributed by atoms with van der Waals surface area (Å²) in [6.07, 6.45) is 3.63. The summed E-state index contributed by atoms with van der Waals surface area (Å²) in [4.78, 5) is 11.5. The molecule has 132 valence electrons. The van der Waals surface area contributed by atoms with Gasteiger partial charge in [0.05, 0.1) is 28.1 Å². The maximum absolute atomic E-state index is 4.99. The first-order chi connectivity index (χ1) is 13.9. The Morgan fingerprint density at radius 1 is 0.607 bits per heavy atom. The maximum Gasteiger partial charge on any atom is 0.145 e. The summed E-state index contributed by atoms with van der Waals surface area (Å²) in [5.74, 6) is 0.935. The van der Waals surface area contributed by atoms with Gasteiger partial charge in [0.2, 0.25) is 0 Å². The van der Waals surface area contributed by atoms with Crippen molar-refractivity contribution in [2.24, 2.45) is 0 Å². The van der Waals surface area contributed by atoms with Crippen molar-refractivity contribution in [1.82, 2.24) is 14.5 Å². The van der Waals surface area contributed by atoms with E-state index in [1.807, 2.05) is 30.6 Å². The molecule has 4 nitrogen and oxygen atoms in total. The molecule has 0 amide bonds. The highest BCUT2D eigenvalue weighted by Crippen LogP contribution is 2.47. The molecular weight excluding hydrogens is 344 g/mol. The second-order valence-corrected chi connectivity index (χ2v) is 6.81. The third-order valence-corrected chi connectivity index (χ3v) is 5.21. The topological polar surface area (TPSA) is 34.0 Å². The zero-order chi connectivity index (χ0) is 18.5. The zero-order valence-corrected chi connectivity index (χ0v) is 15.0. The van der Waals surface area contributed by atoms with Gasteiger partial charge in [0.25, 0.3) is 0 Å². The number of anilines is 3. The van der Waals surface area contributed by atoms with E-state index in [9.17, 15) is 0 Å². The monoisotopic (exact) mass is 360 g/mol. The van der Waals surface area contributed by atoms with Crippen molar-refractivity contribution < 1.29 is 0 Å². The van der Waals surface area contributed by atoms with E-state index in [1.165, 1.54) is 0 Å². The van der Waals surface area contributed by atoms with Crippen molar-refractivity contribution in [2.75, 3.05) is 4.90 Å². The predicted molar refractivity (Wildman–Crippen MR) is 113 cm³/mol. The lowest BCUT2D eigenvalue weighted by Crippen LogP contribution is -2.18. The Kier molecular flexibility index (Phi) is 3.14. The first kappa shape index (κ1) is 15.2. The Hall–Kier alpha value is -3.92. The Bertz CT molecular complexity index is 1310. The van der Waals surface area contributed by atoms with E-state index in [0.29, 0.717) is 0 Å². The van der Waals surface area contributed by atoms with Crippen LogP contribution in [0.3, 0.4) is 0 Å². The number of nitrogens with zero attached hydrogens (tertiary/aromatic N) is 4. The summed E-state index contributed by atoms with van der Waals surface area (Å²) in [6.45, 7) is 0. The van der Waals surface area contributed by atoms with Gasteiger partial charge in [0, 0.05) is 23.6 Å². The van der Waals surface area contributed by atoms with Gasteiger partial charge in [0.1, 0.15) is 5.82 Å². The molecule has 3 heterocycles. The molecule has 0 spiro atoms. The van der Waals surface area contributed by atoms with E-state index in [0.717, 1.165) is 45.2 Å². The van der Waals surface area contributed by atoms with Crippen LogP contribution >= 0.6 is 0 Å². The molecule has 1 aliphatic rings. The van der Waals surface area contributed by atoms with Gasteiger partial charge in [0.15, 0.2) is 0 Å². The standard InChI is InChI=1S/C24H16N4/c1-2-7-18(8-3-1)27-20-10-4-5-11-21(20)28-23-19(9-6-12-22(23)27)26-24(28)17-13-15-25-16-14-17/h1-16H. The van der Waals surface area contributed by atoms with Gasteiger partial charge in [-0.3, -0.25) is 9.55 Å². The van der Waals surface area contributed by atoms with Crippen LogP contribution in [0.5, 0.6) is 0 Å². The zero-order valence-electron chi connectivity index (χ0n) is 15.0. The molecule has 0 unspecified atom stereocenters. The average molecular weight is 360 g/mol. The minimum Gasteiger partial charge on any atom is -0.306 e. The molecule has 28 heavy (non-hydrogen) atoms. The molecular formula is C24H16N4. The molecule has 0 bridgehead atoms. The van der Waals surface area contributed by atoms with Gasteiger partial charge in [-0.05, 0) is 48.5 Å². The normalized spacial score (nSPS) is 12.2. The number of aromatic nitrogens is 3. The molecule has 0 radical (unpaired) electrons. The van der Waals surface area contributed by atoms with E-state index in [1.54, 1.807) is 0 Å². The van der Waals surface area contributed by atoms with Crippen LogP contribution in [0.2, 0.25) is 0 Å². The number of para-hydroxylation sites is 4. The van der Waals surface area contributed by atoms with Crippen molar-refractivity contribution in [3.05, 3.63) is 97.3 Å². The molecule has 2 aromatic heterocycles. The SMILES string of the molecule is c1ccc(N2c3ccccc3-n3c(-c4ccncc4)nc4cccc2c43)cc1. The van der Waals surface area contributed by atoms with Crippen molar-refractivity contribution >= 4 is 28.1 Å². The van der Waals surface area contributed by atoms with Crippen LogP contribution in [0.4, 0.5) is 17.1 Å². The van der Waals surface area contributed by atoms with E-state index in [2.05, 4.69) is 81.2 Å². The Labute approximate surface area is 162 Å². The smallest absolute Gasteiger partial charge is 0.145 e. The third-order valence-electron chi connectivity index (χ3n) is 5.21. The Balaban J connectivity index is 1.75. The van der Waals surface area contributed by atoms with Crippen molar-refractivity contribution in [3.63, 3.8) is 0 Å². The third kappa shape index (κ3) is 2.06. The molecule has 0 N–H and O–H groups in total. The summed E-state index contributed by atoms with van der Waals surface area (Å²) >= 11 is 0. The van der Waals surface area contributed by atoms with Gasteiger partial charge in [-0.25, -0.2) is 4.98 Å². The largest absolute Gasteiger partial charge is 0.306 e. The summed E-state index contributed by atoms with van der Waals surface area (Å²) in [6, 6.07) is 29.3. The summed E-state index contributed by atoms with van der Waals surface area (Å²) in [5.41, 5.74) is 7.70. The molecule has 0 saturated carbocycles. The van der Waals surface area contributed by atoms with Crippen molar-refractivity contribution in [1.29, 1.82) is 0 Å². The average Bonchev–Trinajstić information content (AvgIpc) is 3.17. The number of hydrogen-bond donors (Lipinski definition) is 0. The second kappa shape index (κ2) is 5.79. The fraction of sp³-hybridized carbons (Fsp3) is 0. The first-order valence-electron chi connectivity index (χ1n) is 9.28. The predicted octanol–water partition coefficient (Wildman–Crippen LogP) is 5.87. The fourth-order valence-electron chi connectivity index (χ4n) is 4.05. The highest BCUT2D eigenvalue weighted by atomic mass is 15.2. The quantitative estimate of drug-likeness (QED) is 0.387. The number of hydrogen-bond acceptors (Lipinski definition) is 3. The van der Waals surface area contributed by atoms with Gasteiger partial charge in [-0.15, -0.1) is 0 Å². The first-order valence-corrected chi connectivity index (χ1v) is 9.28. The van der Waals surface area contributed by atoms with Crippen LogP contribution in [0.1, 0.15) is 0 Å². The minimum absolute atomic E-state index is 0.935. The fourth-order valence-corrected chi connectivity index (χ4v) is 4.05. The van der Waals surface area contributed by atoms with Crippen LogP contribution in [0, 0.1) is 0 Å². The number of fused-ring (bicyclic) bond motifs is 2. The Morgan fingerprint density at radius 2 is 1.32 bits per heavy atom. The van der Waals surface area contributed by atoms with Crippen LogP contribution in [-0.2, 0) is 0 Å². The number of imidazole rings is 1. The van der Waals surface area contributed by atoms with Gasteiger partial charge >= 0.3 is 0 Å². The molecule has 3 aromatic carbocycles. The lowest BCUT2D eigenvalue weighted by atomic mass is 10.1. The molecule has 0 saturated heterocycles. The highest BCUT2D eigenvalue weighted by molar-refractivity contribution is 6.02. The van der Waals surface area contributed by atoms with Crippen molar-refractivity contribution in [3.8, 4) is 17.1 Å². The van der Waals surface area contributed by atoms with Crippen molar-refractivity contribution in [2.45, 2.75) is 0 Å². The maximum atomic E-state index is 4.99. The highest BCUT2D eigenvalue weighted by Gasteiger charge is 2.28. The van der Waals surface area contributed by atoms with Gasteiger partial charge < -0.3 is 4.90 Å². The van der Waals surface area contributed by atoms with Crippen LogP contribution < -0.4 is 4.90 Å². The van der Waals surface area contributed by atoms with Crippen LogP contribution in [0.15, 0.2) is 97.3 Å². The van der Waals surface area contributed by atoms with Crippen LogP contribution in [-0.4, -0.2) is 14.5 Å². The summed E-state index contributed by atoms with van der Waals surface area (Å²) in [5, 5.41) is 0. The Morgan fingerprint density at radius 3 is 2.14 bits per heavy atom. The number of pyridine rings is 1. The lowest BCUT2D eigenvalue weighted by molar-refractivity contribution is 1.06. The van der Waals surface area contributed by atoms with E-state index < -0.39 is 0 Å². The van der Waals surface area contributed by atoms with Gasteiger partial charge in [-0.1, -0.05) is 36.4 Å². The molecule has 0 fully saturated rings. The molecule has 0 atom stereocenters. The molecule has 6 rings (SSSR count). The summed E-state index contributed by atoms with van der Waals surface area (Å²) in [7, 11) is 0. The lowest BCUT2D eigenvalue weighted by Gasteiger charge is -2.32. The molecule has 4 heteroatoms. The summed E-state index contributed by atoms with van der Waals surface area (Å²) < 4.78 is 2.27. The van der Waals surface area contributed by atoms with E-state index >= 15 is 0 Å². The van der Waals surface area contributed by atoms with Crippen LogP contribution in [0.25, 0.3) is 28.1 Å². The van der Waals surface area contributed by atoms with E-state index in [-0.39, 0.29) is 0 Å². The number of rotatable bonds is 2. The minimum atomic E-state index is 0.935. The molecule has 0 aliphatic carbocycles. The van der Waals surface area contributed by atoms with Gasteiger partial charge in [-0.2, -0.15) is 0 Å². The van der Waals surface area contributed by atoms with E-state index in [4.69, 9.17) is 4.98 Å². The number of benzene rings is 3.